The van der Waals surface area contributed by atoms with E-state index >= 15 is 0 Å². The van der Waals surface area contributed by atoms with Crippen LogP contribution in [0.15, 0.2) is 89.8 Å². The molecule has 0 aromatic heterocycles. The van der Waals surface area contributed by atoms with Crippen molar-refractivity contribution in [1.29, 1.82) is 0 Å². The molecular formula is C30H24N2O4S2. The minimum absolute atomic E-state index is 0.173. The van der Waals surface area contributed by atoms with Crippen LogP contribution in [0.1, 0.15) is 11.1 Å². The van der Waals surface area contributed by atoms with Crippen molar-refractivity contribution in [3.05, 3.63) is 101 Å². The van der Waals surface area contributed by atoms with Gasteiger partial charge >= 0.3 is 0 Å². The third-order valence-corrected chi connectivity index (χ3v) is 7.37. The zero-order valence-electron chi connectivity index (χ0n) is 20.8. The number of hydrogen-bond donors (Lipinski definition) is 1. The van der Waals surface area contributed by atoms with E-state index in [1.807, 2.05) is 79.7 Å². The molecule has 6 nitrogen and oxygen atoms in total. The van der Waals surface area contributed by atoms with Gasteiger partial charge in [0.15, 0.2) is 22.4 Å². The lowest BCUT2D eigenvalue weighted by Crippen LogP contribution is -2.27. The largest absolute Gasteiger partial charge is 0.493 e. The number of methoxy groups -OCH3 is 1. The maximum Gasteiger partial charge on any atom is 0.270 e. The zero-order chi connectivity index (χ0) is 26.6. The number of amides is 2. The maximum absolute atomic E-state index is 13.4. The van der Waals surface area contributed by atoms with Crippen molar-refractivity contribution in [3.63, 3.8) is 0 Å². The highest BCUT2D eigenvalue weighted by Crippen LogP contribution is 2.39. The predicted molar refractivity (Wildman–Crippen MR) is 158 cm³/mol. The molecule has 0 unspecified atom stereocenters. The highest BCUT2D eigenvalue weighted by molar-refractivity contribution is 8.27. The molecule has 5 rings (SSSR count). The summed E-state index contributed by atoms with van der Waals surface area (Å²) in [5.41, 5.74) is 3.22. The number of thiocarbonyl (C=S) groups is 1. The quantitative estimate of drug-likeness (QED) is 0.211. The third kappa shape index (κ3) is 5.27. The number of ether oxygens (including phenoxy) is 2. The number of nitrogens with one attached hydrogen (secondary N) is 1. The average Bonchev–Trinajstić information content (AvgIpc) is 3.20. The molecule has 0 radical (unpaired) electrons. The molecular weight excluding hydrogens is 516 g/mol. The maximum atomic E-state index is 13.4. The first-order valence-electron chi connectivity index (χ1n) is 11.9. The number of nitrogens with zero attached hydrogens (tertiary/aromatic N) is 1. The van der Waals surface area contributed by atoms with Crippen LogP contribution in [0.4, 0.5) is 11.4 Å². The molecule has 1 fully saturated rings. The fraction of sp³-hybridized carbons (Fsp3) is 0.100. The number of para-hydroxylation sites is 1. The molecule has 1 aliphatic rings. The second-order valence-electron chi connectivity index (χ2n) is 8.58. The Bertz CT molecular complexity index is 1590. The van der Waals surface area contributed by atoms with Gasteiger partial charge in [-0.15, -0.1) is 0 Å². The molecule has 1 N–H and O–H groups in total. The van der Waals surface area contributed by atoms with Crippen LogP contribution in [-0.4, -0.2) is 29.9 Å². The smallest absolute Gasteiger partial charge is 0.270 e. The van der Waals surface area contributed by atoms with Crippen LogP contribution in [0.3, 0.4) is 0 Å². The number of benzene rings is 4. The molecule has 1 aliphatic heterocycles. The number of fused-ring (bicyclic) bond motifs is 1. The second kappa shape index (κ2) is 11.1. The number of carbonyl (C=O) groups excluding carboxylic acids is 2. The number of aryl methyl sites for hydroxylation is 1. The summed E-state index contributed by atoms with van der Waals surface area (Å²) in [6, 6.07) is 26.6. The lowest BCUT2D eigenvalue weighted by Gasteiger charge is -2.17. The van der Waals surface area contributed by atoms with E-state index in [2.05, 4.69) is 5.32 Å². The first-order chi connectivity index (χ1) is 18.4. The van der Waals surface area contributed by atoms with E-state index in [9.17, 15) is 9.59 Å². The monoisotopic (exact) mass is 540 g/mol. The standard InChI is InChI=1S/C30H24N2O4S2/c1-19-8-3-6-12-23(19)31-28(33)18-36-25-15-14-20(16-26(25)35-2)17-27-29(34)32(30(37)38-27)24-13-7-10-21-9-4-5-11-22(21)24/h3-17H,18H2,1-2H3,(H,31,33)/b27-17+. The summed E-state index contributed by atoms with van der Waals surface area (Å²) >= 11 is 6.84. The average molecular weight is 541 g/mol. The van der Waals surface area contributed by atoms with Crippen LogP contribution in [0.2, 0.25) is 0 Å². The van der Waals surface area contributed by atoms with Crippen molar-refractivity contribution in [2.24, 2.45) is 0 Å². The Kier molecular flexibility index (Phi) is 7.44. The molecule has 4 aromatic carbocycles. The van der Waals surface area contributed by atoms with Crippen LogP contribution in [0.25, 0.3) is 16.8 Å². The molecule has 1 saturated heterocycles. The van der Waals surface area contributed by atoms with E-state index in [1.165, 1.54) is 18.9 Å². The van der Waals surface area contributed by atoms with Crippen LogP contribution in [0, 0.1) is 6.92 Å². The first-order valence-corrected chi connectivity index (χ1v) is 13.1. The first kappa shape index (κ1) is 25.5. The zero-order valence-corrected chi connectivity index (χ0v) is 22.4. The summed E-state index contributed by atoms with van der Waals surface area (Å²) in [5.74, 6) is 0.422. The van der Waals surface area contributed by atoms with E-state index < -0.39 is 0 Å². The van der Waals surface area contributed by atoms with Gasteiger partial charge in [0.2, 0.25) is 0 Å². The van der Waals surface area contributed by atoms with E-state index in [-0.39, 0.29) is 18.4 Å². The number of rotatable bonds is 7. The lowest BCUT2D eigenvalue weighted by molar-refractivity contribution is -0.118. The third-order valence-electron chi connectivity index (χ3n) is 6.06. The molecule has 0 aliphatic carbocycles. The van der Waals surface area contributed by atoms with Crippen molar-refractivity contribution >= 4 is 68.3 Å². The molecule has 4 aromatic rings. The molecule has 0 saturated carbocycles. The molecule has 8 heteroatoms. The summed E-state index contributed by atoms with van der Waals surface area (Å²) in [4.78, 5) is 27.9. The van der Waals surface area contributed by atoms with Gasteiger partial charge in [0.1, 0.15) is 0 Å². The predicted octanol–water partition coefficient (Wildman–Crippen LogP) is 6.58. The fourth-order valence-corrected chi connectivity index (χ4v) is 5.45. The van der Waals surface area contributed by atoms with Crippen LogP contribution in [0.5, 0.6) is 11.5 Å². The molecule has 38 heavy (non-hydrogen) atoms. The Balaban J connectivity index is 1.32. The van der Waals surface area contributed by atoms with E-state index in [4.69, 9.17) is 21.7 Å². The Labute approximate surface area is 230 Å². The number of anilines is 2. The molecule has 2 amide bonds. The van der Waals surface area contributed by atoms with E-state index in [0.29, 0.717) is 20.7 Å². The topological polar surface area (TPSA) is 67.9 Å². The van der Waals surface area contributed by atoms with E-state index in [1.54, 1.807) is 23.1 Å². The summed E-state index contributed by atoms with van der Waals surface area (Å²) < 4.78 is 11.7. The van der Waals surface area contributed by atoms with Gasteiger partial charge in [0, 0.05) is 11.1 Å². The number of carbonyl (C=O) groups is 2. The van der Waals surface area contributed by atoms with Gasteiger partial charge in [-0.1, -0.05) is 84.6 Å². The van der Waals surface area contributed by atoms with Gasteiger partial charge in [-0.3, -0.25) is 14.5 Å². The number of thioether (sulfide) groups is 1. The molecule has 0 atom stereocenters. The summed E-state index contributed by atoms with van der Waals surface area (Å²) in [6.07, 6.45) is 1.78. The molecule has 0 bridgehead atoms. The Morgan fingerprint density at radius 3 is 2.58 bits per heavy atom. The summed E-state index contributed by atoms with van der Waals surface area (Å²) in [6.45, 7) is 1.75. The normalized spacial score (nSPS) is 14.3. The second-order valence-corrected chi connectivity index (χ2v) is 10.3. The van der Waals surface area contributed by atoms with Crippen molar-refractivity contribution in [2.75, 3.05) is 23.9 Å². The number of hydrogen-bond acceptors (Lipinski definition) is 6. The van der Waals surface area contributed by atoms with Gasteiger partial charge in [-0.05, 0) is 53.8 Å². The molecule has 1 heterocycles. The van der Waals surface area contributed by atoms with Crippen molar-refractivity contribution in [2.45, 2.75) is 6.92 Å². The summed E-state index contributed by atoms with van der Waals surface area (Å²) in [5, 5.41) is 4.84. The van der Waals surface area contributed by atoms with Gasteiger partial charge in [0.05, 0.1) is 17.7 Å². The molecule has 190 valence electrons. The highest BCUT2D eigenvalue weighted by Gasteiger charge is 2.34. The Hall–Kier alpha value is -4.14. The molecule has 0 spiro atoms. The van der Waals surface area contributed by atoms with Crippen molar-refractivity contribution < 1.29 is 19.1 Å². The SMILES string of the molecule is COc1cc(/C=C2/SC(=S)N(c3cccc4ccccc34)C2=O)ccc1OCC(=O)Nc1ccccc1C. The Morgan fingerprint density at radius 1 is 1.00 bits per heavy atom. The van der Waals surface area contributed by atoms with Crippen molar-refractivity contribution in [3.8, 4) is 11.5 Å². The van der Waals surface area contributed by atoms with Gasteiger partial charge in [-0.2, -0.15) is 0 Å². The van der Waals surface area contributed by atoms with Crippen molar-refractivity contribution in [1.82, 2.24) is 0 Å². The van der Waals surface area contributed by atoms with Gasteiger partial charge in [-0.25, -0.2) is 0 Å². The van der Waals surface area contributed by atoms with Crippen LogP contribution in [-0.2, 0) is 9.59 Å². The lowest BCUT2D eigenvalue weighted by atomic mass is 10.1. The Morgan fingerprint density at radius 2 is 1.76 bits per heavy atom. The van der Waals surface area contributed by atoms with Crippen LogP contribution >= 0.6 is 24.0 Å². The summed E-state index contributed by atoms with van der Waals surface area (Å²) in [7, 11) is 1.53. The fourth-order valence-electron chi connectivity index (χ4n) is 4.17. The highest BCUT2D eigenvalue weighted by atomic mass is 32.2. The van der Waals surface area contributed by atoms with E-state index in [0.717, 1.165) is 33.3 Å². The minimum atomic E-state index is -0.275. The van der Waals surface area contributed by atoms with Gasteiger partial charge in [0.25, 0.3) is 11.8 Å². The van der Waals surface area contributed by atoms with Gasteiger partial charge < -0.3 is 14.8 Å². The van der Waals surface area contributed by atoms with Crippen LogP contribution < -0.4 is 19.7 Å². The minimum Gasteiger partial charge on any atom is -0.493 e.